The Morgan fingerprint density at radius 2 is 1.11 bits per heavy atom. The highest BCUT2D eigenvalue weighted by molar-refractivity contribution is 7.91. The number of ketones is 3. The SMILES string of the molecule is C=C(CCS(C)(=O)=O)c1cc(C(C)=O)c(C)n1-c1ccc(C#N)cc1.CC(=O)c1cc(/C=C/CCS(C)(=O)=O)n(-c2ccc(C#N)cc2)c1C.Cc1c(C(=O)CN2C3CCC2[C@H](O)C3)cc(C(C)CCS(C)(=O)=O)n1-c1ccc(C#N)cc1. The van der Waals surface area contributed by atoms with Crippen molar-refractivity contribution in [1.29, 1.82) is 15.8 Å². The van der Waals surface area contributed by atoms with Crippen LogP contribution in [-0.4, -0.2) is 127 Å². The maximum Gasteiger partial charge on any atom is 0.178 e. The molecule has 3 unspecified atom stereocenters. The summed E-state index contributed by atoms with van der Waals surface area (Å²) in [6.07, 6.45) is 10.7. The Balaban J connectivity index is 0.000000203. The first-order valence-electron chi connectivity index (χ1n) is 27.0. The van der Waals surface area contributed by atoms with Crippen molar-refractivity contribution in [3.8, 4) is 35.3 Å². The van der Waals surface area contributed by atoms with Crippen molar-refractivity contribution in [2.45, 2.75) is 104 Å². The summed E-state index contributed by atoms with van der Waals surface area (Å²) in [5.41, 5.74) is 11.3. The molecule has 0 aliphatic carbocycles. The lowest BCUT2D eigenvalue weighted by molar-refractivity contribution is 0.0872. The van der Waals surface area contributed by atoms with Crippen LogP contribution in [0.1, 0.15) is 147 Å². The third-order valence-electron chi connectivity index (χ3n) is 15.1. The van der Waals surface area contributed by atoms with Gasteiger partial charge >= 0.3 is 0 Å². The number of nitriles is 3. The van der Waals surface area contributed by atoms with Crippen molar-refractivity contribution in [1.82, 2.24) is 18.6 Å². The zero-order valence-corrected chi connectivity index (χ0v) is 50.8. The van der Waals surface area contributed by atoms with E-state index in [0.717, 1.165) is 64.8 Å². The molecule has 436 valence electrons. The molecule has 2 bridgehead atoms. The van der Waals surface area contributed by atoms with Crippen molar-refractivity contribution in [3.05, 3.63) is 171 Å². The number of aliphatic hydroxyl groups is 1. The Hall–Kier alpha value is -7.77. The minimum atomic E-state index is -3.11. The van der Waals surface area contributed by atoms with E-state index in [1.807, 2.05) is 77.8 Å². The second-order valence-electron chi connectivity index (χ2n) is 21.6. The molecule has 5 heterocycles. The summed E-state index contributed by atoms with van der Waals surface area (Å²) >= 11 is 0. The summed E-state index contributed by atoms with van der Waals surface area (Å²) in [5.74, 6) is -0.0108. The third kappa shape index (κ3) is 16.5. The molecule has 1 N–H and O–H groups in total. The Bertz CT molecular complexity index is 3940. The van der Waals surface area contributed by atoms with Gasteiger partial charge in [-0.1, -0.05) is 19.6 Å². The van der Waals surface area contributed by atoms with Gasteiger partial charge in [0.15, 0.2) is 17.3 Å². The van der Waals surface area contributed by atoms with Gasteiger partial charge in [-0.2, -0.15) is 15.8 Å². The fraction of sp³-hybridized carbons (Fsp3) is 0.365. The summed E-state index contributed by atoms with van der Waals surface area (Å²) in [7, 11) is -9.22. The van der Waals surface area contributed by atoms with Gasteiger partial charge in [-0.05, 0) is 182 Å². The average Bonchev–Trinajstić information content (AvgIpc) is 4.42. The summed E-state index contributed by atoms with van der Waals surface area (Å²) < 4.78 is 74.6. The number of carbonyl (C=O) groups is 3. The van der Waals surface area contributed by atoms with Crippen LogP contribution in [0.5, 0.6) is 0 Å². The number of aromatic nitrogens is 3. The van der Waals surface area contributed by atoms with Crippen molar-refractivity contribution in [3.63, 3.8) is 0 Å². The maximum atomic E-state index is 13.4. The van der Waals surface area contributed by atoms with Gasteiger partial charge in [0, 0.05) is 98.8 Å². The zero-order valence-electron chi connectivity index (χ0n) is 48.4. The lowest BCUT2D eigenvalue weighted by Crippen LogP contribution is -2.36. The molecule has 3 aromatic carbocycles. The highest BCUT2D eigenvalue weighted by Crippen LogP contribution is 2.38. The van der Waals surface area contributed by atoms with E-state index in [1.54, 1.807) is 66.7 Å². The third-order valence-corrected chi connectivity index (χ3v) is 18.0. The van der Waals surface area contributed by atoms with Gasteiger partial charge in [0.25, 0.3) is 0 Å². The van der Waals surface area contributed by atoms with Crippen molar-refractivity contribution < 1.29 is 44.7 Å². The molecule has 2 aliphatic rings. The van der Waals surface area contributed by atoms with Gasteiger partial charge in [0.05, 0.1) is 64.8 Å². The van der Waals surface area contributed by atoms with E-state index >= 15 is 0 Å². The fourth-order valence-electron chi connectivity index (χ4n) is 10.7. The van der Waals surface area contributed by atoms with Gasteiger partial charge in [-0.25, -0.2) is 25.3 Å². The quantitative estimate of drug-likeness (QED) is 0.0698. The first-order valence-corrected chi connectivity index (χ1v) is 33.2. The number of aliphatic hydroxyl groups excluding tert-OH is 1. The predicted octanol–water partition coefficient (Wildman–Crippen LogP) is 9.59. The topological polar surface area (TPSA) is 263 Å². The number of nitrogens with zero attached hydrogens (tertiary/aromatic N) is 7. The van der Waals surface area contributed by atoms with E-state index in [9.17, 15) is 44.7 Å². The Morgan fingerprint density at radius 3 is 1.55 bits per heavy atom. The Morgan fingerprint density at radius 1 is 0.651 bits per heavy atom. The molecule has 0 spiro atoms. The molecule has 17 nitrogen and oxygen atoms in total. The van der Waals surface area contributed by atoms with Crippen LogP contribution >= 0.6 is 0 Å². The minimum Gasteiger partial charge on any atom is -0.391 e. The molecule has 83 heavy (non-hydrogen) atoms. The molecule has 2 fully saturated rings. The van der Waals surface area contributed by atoms with Crippen LogP contribution < -0.4 is 0 Å². The number of allylic oxidation sites excluding steroid dienone is 2. The Kier molecular flexibility index (Phi) is 21.0. The van der Waals surface area contributed by atoms with Crippen LogP contribution in [0.4, 0.5) is 0 Å². The number of hydrogen-bond acceptors (Lipinski definition) is 14. The first kappa shape index (κ1) is 64.4. The molecule has 2 saturated heterocycles. The molecular weight excluding hydrogens is 1110 g/mol. The summed E-state index contributed by atoms with van der Waals surface area (Å²) in [6, 6.07) is 33.3. The molecular formula is C63H71N7O10S3. The average molecular weight is 1180 g/mol. The van der Waals surface area contributed by atoms with Crippen LogP contribution in [0, 0.1) is 54.8 Å². The van der Waals surface area contributed by atoms with Crippen LogP contribution in [-0.2, 0) is 29.5 Å². The number of hydrogen-bond donors (Lipinski definition) is 1. The first-order chi connectivity index (χ1) is 38.9. The van der Waals surface area contributed by atoms with E-state index < -0.39 is 29.5 Å². The molecule has 6 aromatic rings. The molecule has 0 radical (unpaired) electrons. The van der Waals surface area contributed by atoms with Crippen molar-refractivity contribution >= 4 is 58.5 Å². The number of Topliss-reactive ketones (excluding diaryl/α,β-unsaturated/α-hetero) is 3. The predicted molar refractivity (Wildman–Crippen MR) is 324 cm³/mol. The van der Waals surface area contributed by atoms with Crippen molar-refractivity contribution in [2.24, 2.45) is 0 Å². The second-order valence-corrected chi connectivity index (χ2v) is 28.4. The fourth-order valence-corrected chi connectivity index (χ4v) is 12.7. The summed E-state index contributed by atoms with van der Waals surface area (Å²) in [6.45, 7) is 14.9. The van der Waals surface area contributed by atoms with E-state index in [4.69, 9.17) is 15.8 Å². The standard InChI is InChI=1S/C25H31N3O4S.2C19H20N2O3S/c1-16(10-11-33(3,31)32)23-13-21(17(2)28(23)19-6-4-18(14-26)5-7-19)25(30)15-27-20-8-9-22(27)24(29)12-20;1-13(9-10-25(4,23)24)19-11-18(15(3)22)14(2)21(19)17-7-5-16(12-20)6-8-17;1-14-19(15(2)22)12-18(6-4-5-11-25(3,23)24)21(14)17-9-7-16(13-20)8-10-17/h4-7,13,16,20,22,24,29H,8-12,15H2,1-3H3;5-8,11H,1,9-10H2,2-4H3;4,6-10,12H,5,11H2,1-3H3/b;;6-4+/t16?,20?,22?,24-;;/m1../s1. The van der Waals surface area contributed by atoms with E-state index in [0.29, 0.717) is 57.5 Å². The highest BCUT2D eigenvalue weighted by atomic mass is 32.2. The number of sulfone groups is 3. The molecule has 2 aliphatic heterocycles. The summed E-state index contributed by atoms with van der Waals surface area (Å²) in [4.78, 5) is 39.3. The minimum absolute atomic E-state index is 0.00115. The lowest BCUT2D eigenvalue weighted by atomic mass is 9.98. The van der Waals surface area contributed by atoms with Gasteiger partial charge in [-0.3, -0.25) is 19.3 Å². The molecule has 20 heteroatoms. The molecule has 0 saturated carbocycles. The zero-order chi connectivity index (χ0) is 61.3. The van der Waals surface area contributed by atoms with Gasteiger partial charge < -0.3 is 18.8 Å². The number of benzene rings is 3. The van der Waals surface area contributed by atoms with E-state index in [1.165, 1.54) is 32.6 Å². The van der Waals surface area contributed by atoms with E-state index in [-0.39, 0.29) is 71.7 Å². The van der Waals surface area contributed by atoms with Crippen molar-refractivity contribution in [2.75, 3.05) is 42.6 Å². The monoisotopic (exact) mass is 1180 g/mol. The largest absolute Gasteiger partial charge is 0.391 e. The molecule has 8 rings (SSSR count). The number of carbonyl (C=O) groups excluding carboxylic acids is 3. The van der Waals surface area contributed by atoms with Crippen LogP contribution in [0.15, 0.2) is 104 Å². The van der Waals surface area contributed by atoms with Crippen LogP contribution in [0.3, 0.4) is 0 Å². The van der Waals surface area contributed by atoms with Gasteiger partial charge in [-0.15, -0.1) is 0 Å². The number of rotatable bonds is 20. The van der Waals surface area contributed by atoms with Gasteiger partial charge in [0.1, 0.15) is 29.5 Å². The smallest absolute Gasteiger partial charge is 0.178 e. The maximum absolute atomic E-state index is 13.4. The molecule has 0 amide bonds. The molecule has 3 aromatic heterocycles. The lowest BCUT2D eigenvalue weighted by Gasteiger charge is -2.21. The summed E-state index contributed by atoms with van der Waals surface area (Å²) in [5, 5.41) is 37.3. The highest BCUT2D eigenvalue weighted by Gasteiger charge is 2.46. The normalized spacial score (nSPS) is 16.2. The van der Waals surface area contributed by atoms with E-state index in [2.05, 4.69) is 29.7 Å². The molecule has 4 atom stereocenters. The Labute approximate surface area is 488 Å². The van der Waals surface area contributed by atoms with Crippen LogP contribution in [0.25, 0.3) is 28.7 Å². The van der Waals surface area contributed by atoms with Crippen LogP contribution in [0.2, 0.25) is 0 Å². The number of fused-ring (bicyclic) bond motifs is 2. The second kappa shape index (κ2) is 27.1. The van der Waals surface area contributed by atoms with Gasteiger partial charge in [0.2, 0.25) is 0 Å².